The average molecular weight is 364 g/mol. The van der Waals surface area contributed by atoms with E-state index in [0.29, 0.717) is 19.0 Å². The quantitative estimate of drug-likeness (QED) is 0.842. The van der Waals surface area contributed by atoms with E-state index in [1.54, 1.807) is 6.07 Å². The second-order valence-electron chi connectivity index (χ2n) is 5.89. The Labute approximate surface area is 142 Å². The molecule has 0 aromatic heterocycles. The normalized spacial score (nSPS) is 20.1. The molecule has 0 radical (unpaired) electrons. The van der Waals surface area contributed by atoms with Crippen molar-refractivity contribution in [2.24, 2.45) is 5.92 Å². The average Bonchev–Trinajstić information content (AvgIpc) is 2.51. The van der Waals surface area contributed by atoms with Gasteiger partial charge in [-0.2, -0.15) is 17.0 Å². The molecule has 1 aliphatic rings. The van der Waals surface area contributed by atoms with Crippen molar-refractivity contribution in [2.45, 2.75) is 19.4 Å². The van der Waals surface area contributed by atoms with Gasteiger partial charge < -0.3 is 5.32 Å². The predicted molar refractivity (Wildman–Crippen MR) is 90.0 cm³/mol. The van der Waals surface area contributed by atoms with Crippen molar-refractivity contribution >= 4 is 21.8 Å². The highest BCUT2D eigenvalue weighted by atomic mass is 35.5. The van der Waals surface area contributed by atoms with Gasteiger partial charge in [0.1, 0.15) is 5.82 Å². The minimum Gasteiger partial charge on any atom is -0.319 e. The molecule has 2 rings (SSSR count). The van der Waals surface area contributed by atoms with Gasteiger partial charge in [0.2, 0.25) is 0 Å². The molecule has 1 heterocycles. The van der Waals surface area contributed by atoms with E-state index in [2.05, 4.69) is 5.32 Å². The molecule has 0 aliphatic carbocycles. The van der Waals surface area contributed by atoms with Gasteiger partial charge in [-0.15, -0.1) is 0 Å². The van der Waals surface area contributed by atoms with Gasteiger partial charge in [0.05, 0.1) is 0 Å². The number of hydrogen-bond donors (Lipinski definition) is 1. The van der Waals surface area contributed by atoms with E-state index in [1.807, 2.05) is 7.05 Å². The summed E-state index contributed by atoms with van der Waals surface area (Å²) in [5, 5.41) is 3.33. The van der Waals surface area contributed by atoms with Crippen LogP contribution in [0.1, 0.15) is 18.4 Å². The van der Waals surface area contributed by atoms with E-state index in [0.717, 1.165) is 19.4 Å². The summed E-state index contributed by atoms with van der Waals surface area (Å²) in [5.74, 6) is -0.194. The SMILES string of the molecule is CNCC1CCCN(S(=O)(=O)N(C)Cc2c(F)cccc2Cl)C1. The lowest BCUT2D eigenvalue weighted by molar-refractivity contribution is 0.248. The molecule has 1 aromatic rings. The third-order valence-electron chi connectivity index (χ3n) is 4.14. The van der Waals surface area contributed by atoms with Crippen LogP contribution in [0.25, 0.3) is 0 Å². The fraction of sp³-hybridized carbons (Fsp3) is 0.600. The summed E-state index contributed by atoms with van der Waals surface area (Å²) < 4.78 is 42.0. The molecule has 1 fully saturated rings. The lowest BCUT2D eigenvalue weighted by atomic mass is 10.00. The van der Waals surface area contributed by atoms with Crippen LogP contribution in [0.5, 0.6) is 0 Å². The minimum atomic E-state index is -3.63. The largest absolute Gasteiger partial charge is 0.319 e. The maximum Gasteiger partial charge on any atom is 0.282 e. The van der Waals surface area contributed by atoms with Crippen LogP contribution in [-0.4, -0.2) is 50.8 Å². The van der Waals surface area contributed by atoms with Crippen molar-refractivity contribution in [1.29, 1.82) is 0 Å². The van der Waals surface area contributed by atoms with E-state index >= 15 is 0 Å². The summed E-state index contributed by atoms with van der Waals surface area (Å²) in [5.41, 5.74) is 0.198. The van der Waals surface area contributed by atoms with Crippen molar-refractivity contribution < 1.29 is 12.8 Å². The highest BCUT2D eigenvalue weighted by Gasteiger charge is 2.32. The Morgan fingerprint density at radius 1 is 1.48 bits per heavy atom. The second kappa shape index (κ2) is 7.90. The molecule has 1 unspecified atom stereocenters. The van der Waals surface area contributed by atoms with Crippen LogP contribution < -0.4 is 5.32 Å². The summed E-state index contributed by atoms with van der Waals surface area (Å²) in [4.78, 5) is 0. The van der Waals surface area contributed by atoms with Gasteiger partial charge in [0.15, 0.2) is 0 Å². The number of nitrogens with one attached hydrogen (secondary N) is 1. The summed E-state index contributed by atoms with van der Waals surface area (Å²) in [6.07, 6.45) is 1.84. The molecular formula is C15H23ClFN3O2S. The monoisotopic (exact) mass is 363 g/mol. The molecule has 1 saturated heterocycles. The standard InChI is InChI=1S/C15H23ClFN3O2S/c1-18-9-12-5-4-8-20(10-12)23(21,22)19(2)11-13-14(16)6-3-7-15(13)17/h3,6-7,12,18H,4-5,8-11H2,1-2H3. The Balaban J connectivity index is 2.12. The van der Waals surface area contributed by atoms with Crippen LogP contribution in [0.15, 0.2) is 18.2 Å². The fourth-order valence-corrected chi connectivity index (χ4v) is 4.54. The van der Waals surface area contributed by atoms with E-state index in [-0.39, 0.29) is 17.1 Å². The number of rotatable bonds is 6. The molecule has 1 N–H and O–H groups in total. The molecule has 23 heavy (non-hydrogen) atoms. The number of piperidine rings is 1. The van der Waals surface area contributed by atoms with E-state index in [9.17, 15) is 12.8 Å². The van der Waals surface area contributed by atoms with Crippen LogP contribution in [0.2, 0.25) is 5.02 Å². The van der Waals surface area contributed by atoms with Gasteiger partial charge in [-0.1, -0.05) is 17.7 Å². The number of hydrogen-bond acceptors (Lipinski definition) is 3. The van der Waals surface area contributed by atoms with Crippen LogP contribution in [0.3, 0.4) is 0 Å². The molecule has 5 nitrogen and oxygen atoms in total. The Morgan fingerprint density at radius 3 is 2.87 bits per heavy atom. The van der Waals surface area contributed by atoms with Gasteiger partial charge in [0, 0.05) is 37.3 Å². The Kier molecular flexibility index (Phi) is 6.39. The maximum absolute atomic E-state index is 13.9. The van der Waals surface area contributed by atoms with Crippen molar-refractivity contribution in [2.75, 3.05) is 33.7 Å². The molecule has 1 atom stereocenters. The Hall–Kier alpha value is -0.730. The van der Waals surface area contributed by atoms with Gasteiger partial charge in [-0.25, -0.2) is 4.39 Å². The number of benzene rings is 1. The molecule has 0 spiro atoms. The zero-order chi connectivity index (χ0) is 17.0. The Bertz CT molecular complexity index is 619. The van der Waals surface area contributed by atoms with Crippen molar-refractivity contribution in [3.8, 4) is 0 Å². The summed E-state index contributed by atoms with van der Waals surface area (Å²) in [7, 11) is -0.312. The summed E-state index contributed by atoms with van der Waals surface area (Å²) >= 11 is 5.99. The van der Waals surface area contributed by atoms with Crippen molar-refractivity contribution in [1.82, 2.24) is 13.9 Å². The van der Waals surface area contributed by atoms with Gasteiger partial charge in [0.25, 0.3) is 10.2 Å². The molecule has 8 heteroatoms. The highest BCUT2D eigenvalue weighted by Crippen LogP contribution is 2.24. The van der Waals surface area contributed by atoms with E-state index in [1.165, 1.54) is 27.8 Å². The second-order valence-corrected chi connectivity index (χ2v) is 8.33. The number of halogens is 2. The highest BCUT2D eigenvalue weighted by molar-refractivity contribution is 7.86. The molecule has 130 valence electrons. The number of nitrogens with zero attached hydrogens (tertiary/aromatic N) is 2. The van der Waals surface area contributed by atoms with E-state index in [4.69, 9.17) is 11.6 Å². The third kappa shape index (κ3) is 4.42. The van der Waals surface area contributed by atoms with Crippen LogP contribution >= 0.6 is 11.6 Å². The maximum atomic E-state index is 13.9. The molecular weight excluding hydrogens is 341 g/mol. The third-order valence-corrected chi connectivity index (χ3v) is 6.39. The molecule has 1 aliphatic heterocycles. The first-order chi connectivity index (χ1) is 10.9. The van der Waals surface area contributed by atoms with Crippen LogP contribution in [0, 0.1) is 11.7 Å². The topological polar surface area (TPSA) is 52.7 Å². The fourth-order valence-electron chi connectivity index (χ4n) is 2.88. The van der Waals surface area contributed by atoms with Gasteiger partial charge in [-0.05, 0) is 44.5 Å². The zero-order valence-corrected chi connectivity index (χ0v) is 15.0. The van der Waals surface area contributed by atoms with Crippen LogP contribution in [0.4, 0.5) is 4.39 Å². The molecule has 0 saturated carbocycles. The molecule has 0 bridgehead atoms. The zero-order valence-electron chi connectivity index (χ0n) is 13.4. The smallest absolute Gasteiger partial charge is 0.282 e. The van der Waals surface area contributed by atoms with Crippen molar-refractivity contribution in [3.05, 3.63) is 34.6 Å². The first-order valence-electron chi connectivity index (χ1n) is 7.65. The molecule has 0 amide bonds. The lowest BCUT2D eigenvalue weighted by Gasteiger charge is -2.34. The Morgan fingerprint density at radius 2 is 2.22 bits per heavy atom. The summed E-state index contributed by atoms with van der Waals surface area (Å²) in [6.45, 7) is 1.69. The lowest BCUT2D eigenvalue weighted by Crippen LogP contribution is -2.47. The minimum absolute atomic E-state index is 0.0823. The van der Waals surface area contributed by atoms with Crippen molar-refractivity contribution in [3.63, 3.8) is 0 Å². The first-order valence-corrected chi connectivity index (χ1v) is 9.42. The van der Waals surface area contributed by atoms with Crippen LogP contribution in [-0.2, 0) is 16.8 Å². The first kappa shape index (κ1) is 18.6. The van der Waals surface area contributed by atoms with E-state index < -0.39 is 16.0 Å². The predicted octanol–water partition coefficient (Wildman–Crippen LogP) is 2.09. The van der Waals surface area contributed by atoms with Gasteiger partial charge in [-0.3, -0.25) is 0 Å². The van der Waals surface area contributed by atoms with Gasteiger partial charge >= 0.3 is 0 Å². The molecule has 1 aromatic carbocycles. The summed E-state index contributed by atoms with van der Waals surface area (Å²) in [6, 6.07) is 4.35.